The number of hydrogen-bond donors (Lipinski definition) is 2. The van der Waals surface area contributed by atoms with Gasteiger partial charge in [0.2, 0.25) is 11.8 Å². The topological polar surface area (TPSA) is 106 Å². The van der Waals surface area contributed by atoms with Gasteiger partial charge in [-0.25, -0.2) is 0 Å². The van der Waals surface area contributed by atoms with Crippen LogP contribution in [0.1, 0.15) is 30.4 Å². The van der Waals surface area contributed by atoms with Crippen molar-refractivity contribution >= 4 is 0 Å². The molecule has 0 bridgehead atoms. The lowest BCUT2D eigenvalue weighted by atomic mass is 9.82. The van der Waals surface area contributed by atoms with E-state index in [4.69, 9.17) is 19.9 Å². The largest absolute Gasteiger partial charge is 0.497 e. The molecule has 3 N–H and O–H groups in total. The molecule has 1 aliphatic rings. The van der Waals surface area contributed by atoms with Crippen molar-refractivity contribution < 1.29 is 14.2 Å². The molecule has 1 aliphatic heterocycles. The highest BCUT2D eigenvalue weighted by Crippen LogP contribution is 2.47. The Labute approximate surface area is 174 Å². The third-order valence-corrected chi connectivity index (χ3v) is 5.01. The highest BCUT2D eigenvalue weighted by atomic mass is 16.5. The minimum Gasteiger partial charge on any atom is -0.497 e. The quantitative estimate of drug-likeness (QED) is 0.643. The maximum Gasteiger partial charge on any atom is 0.244 e. The fourth-order valence-electron chi connectivity index (χ4n) is 3.60. The van der Waals surface area contributed by atoms with E-state index < -0.39 is 5.92 Å². The maximum absolute atomic E-state index is 9.90. The highest BCUT2D eigenvalue weighted by molar-refractivity contribution is 5.72. The Bertz CT molecular complexity index is 1130. The molecule has 7 nitrogen and oxygen atoms in total. The Morgan fingerprint density at radius 3 is 2.67 bits per heavy atom. The zero-order chi connectivity index (χ0) is 21.1. The van der Waals surface area contributed by atoms with Gasteiger partial charge >= 0.3 is 0 Å². The number of nitrogens with one attached hydrogen (secondary N) is 1. The lowest BCUT2D eigenvalue weighted by Crippen LogP contribution is -2.21. The first kappa shape index (κ1) is 19.4. The van der Waals surface area contributed by atoms with Crippen molar-refractivity contribution in [2.45, 2.75) is 19.3 Å². The Balaban J connectivity index is 1.89. The first-order chi connectivity index (χ1) is 14.7. The predicted octanol–water partition coefficient (Wildman–Crippen LogP) is 4.09. The molecule has 0 aliphatic carbocycles. The van der Waals surface area contributed by atoms with Crippen LogP contribution in [0.25, 0.3) is 11.3 Å². The average Bonchev–Trinajstić information content (AvgIpc) is 3.20. The fraction of sp³-hybridized carbons (Fsp3) is 0.217. The van der Waals surface area contributed by atoms with Gasteiger partial charge in [-0.1, -0.05) is 25.1 Å². The van der Waals surface area contributed by atoms with Crippen LogP contribution < -0.4 is 19.9 Å². The summed E-state index contributed by atoms with van der Waals surface area (Å²) in [5, 5.41) is 17.3. The van der Waals surface area contributed by atoms with Gasteiger partial charge in [-0.3, -0.25) is 5.10 Å². The summed E-state index contributed by atoms with van der Waals surface area (Å²) in [4.78, 5) is 0. The molecule has 0 saturated heterocycles. The predicted molar refractivity (Wildman–Crippen MR) is 112 cm³/mol. The number of fused-ring (bicyclic) bond motifs is 1. The van der Waals surface area contributed by atoms with Crippen molar-refractivity contribution in [3.8, 4) is 34.7 Å². The van der Waals surface area contributed by atoms with E-state index in [-0.39, 0.29) is 5.88 Å². The van der Waals surface area contributed by atoms with Crippen LogP contribution in [0.3, 0.4) is 0 Å². The van der Waals surface area contributed by atoms with Crippen LogP contribution in [0.15, 0.2) is 60.0 Å². The van der Waals surface area contributed by atoms with Gasteiger partial charge in [0, 0.05) is 11.1 Å². The van der Waals surface area contributed by atoms with Gasteiger partial charge in [0.1, 0.15) is 23.1 Å². The number of aromatic amines is 1. The number of benzene rings is 2. The van der Waals surface area contributed by atoms with Crippen LogP contribution in [-0.2, 0) is 0 Å². The number of allylic oxidation sites excluding steroid dienone is 1. The van der Waals surface area contributed by atoms with Gasteiger partial charge in [0.05, 0.1) is 30.9 Å². The van der Waals surface area contributed by atoms with Gasteiger partial charge in [-0.15, -0.1) is 5.10 Å². The molecule has 3 aromatic rings. The molecule has 0 radical (unpaired) electrons. The summed E-state index contributed by atoms with van der Waals surface area (Å²) in [6, 6.07) is 17.5. The molecule has 2 heterocycles. The van der Waals surface area contributed by atoms with Gasteiger partial charge in [0.15, 0.2) is 0 Å². The average molecular weight is 402 g/mol. The van der Waals surface area contributed by atoms with Crippen molar-refractivity contribution in [2.75, 3.05) is 13.7 Å². The zero-order valence-electron chi connectivity index (χ0n) is 16.8. The van der Waals surface area contributed by atoms with Crippen LogP contribution in [0, 0.1) is 11.3 Å². The van der Waals surface area contributed by atoms with Crippen molar-refractivity contribution in [1.82, 2.24) is 10.2 Å². The number of H-pyrrole nitrogens is 1. The van der Waals surface area contributed by atoms with E-state index >= 15 is 0 Å². The van der Waals surface area contributed by atoms with Crippen LogP contribution in [-0.4, -0.2) is 23.9 Å². The minimum atomic E-state index is -0.470. The number of rotatable bonds is 6. The second-order valence-electron chi connectivity index (χ2n) is 6.86. The summed E-state index contributed by atoms with van der Waals surface area (Å²) < 4.78 is 16.9. The molecule has 0 unspecified atom stereocenters. The summed E-state index contributed by atoms with van der Waals surface area (Å²) in [6.45, 7) is 2.62. The first-order valence-corrected chi connectivity index (χ1v) is 9.69. The number of nitrogens with zero attached hydrogens (tertiary/aromatic N) is 2. The molecule has 0 spiro atoms. The molecule has 2 aromatic carbocycles. The third-order valence-electron chi connectivity index (χ3n) is 5.01. The third kappa shape index (κ3) is 3.33. The Morgan fingerprint density at radius 1 is 1.20 bits per heavy atom. The van der Waals surface area contributed by atoms with Crippen LogP contribution >= 0.6 is 0 Å². The van der Waals surface area contributed by atoms with E-state index in [0.717, 1.165) is 34.6 Å². The van der Waals surface area contributed by atoms with Crippen molar-refractivity contribution in [2.24, 2.45) is 5.73 Å². The van der Waals surface area contributed by atoms with Gasteiger partial charge < -0.3 is 19.9 Å². The molecule has 0 amide bonds. The minimum absolute atomic E-state index is 0.0491. The summed E-state index contributed by atoms with van der Waals surface area (Å²) in [7, 11) is 1.62. The van der Waals surface area contributed by atoms with E-state index in [1.54, 1.807) is 7.11 Å². The van der Waals surface area contributed by atoms with Crippen LogP contribution in [0.2, 0.25) is 0 Å². The van der Waals surface area contributed by atoms with Crippen LogP contribution in [0.5, 0.6) is 17.4 Å². The summed E-state index contributed by atoms with van der Waals surface area (Å²) in [5.41, 5.74) is 9.65. The Morgan fingerprint density at radius 2 is 1.97 bits per heavy atom. The molecule has 152 valence electrons. The van der Waals surface area contributed by atoms with E-state index in [9.17, 15) is 5.26 Å². The van der Waals surface area contributed by atoms with Crippen LogP contribution in [0.4, 0.5) is 0 Å². The molecule has 0 fully saturated rings. The second kappa shape index (κ2) is 8.21. The number of methoxy groups -OCH3 is 1. The number of ether oxygens (including phenoxy) is 3. The molecule has 7 heteroatoms. The number of nitriles is 1. The van der Waals surface area contributed by atoms with Crippen molar-refractivity contribution in [3.63, 3.8) is 0 Å². The normalized spacial score (nSPS) is 15.2. The van der Waals surface area contributed by atoms with E-state index in [1.807, 2.05) is 55.5 Å². The van der Waals surface area contributed by atoms with E-state index in [1.165, 1.54) is 0 Å². The highest BCUT2D eigenvalue weighted by Gasteiger charge is 2.37. The van der Waals surface area contributed by atoms with Gasteiger partial charge in [0.25, 0.3) is 0 Å². The lowest BCUT2D eigenvalue weighted by molar-refractivity contribution is 0.312. The molecule has 1 atom stereocenters. The molecule has 0 saturated carbocycles. The molecular formula is C23H22N4O3. The number of aromatic nitrogens is 2. The van der Waals surface area contributed by atoms with E-state index in [2.05, 4.69) is 16.3 Å². The fourth-order valence-corrected chi connectivity index (χ4v) is 3.60. The molecule has 30 heavy (non-hydrogen) atoms. The van der Waals surface area contributed by atoms with Gasteiger partial charge in [-0.05, 0) is 36.8 Å². The van der Waals surface area contributed by atoms with E-state index in [0.29, 0.717) is 23.8 Å². The smallest absolute Gasteiger partial charge is 0.244 e. The Kier molecular flexibility index (Phi) is 5.31. The summed E-state index contributed by atoms with van der Waals surface area (Å²) >= 11 is 0. The number of hydrogen-bond acceptors (Lipinski definition) is 6. The van der Waals surface area contributed by atoms with Gasteiger partial charge in [-0.2, -0.15) is 5.26 Å². The summed E-state index contributed by atoms with van der Waals surface area (Å²) in [6.07, 6.45) is 0.874. The molecular weight excluding hydrogens is 380 g/mol. The second-order valence-corrected chi connectivity index (χ2v) is 6.86. The standard InChI is InChI=1S/C23H22N4O3/c1-3-12-29-18-7-5-4-6-16(18)19-17(13-24)22(25)30-23-20(19)21(26-27-23)14-8-10-15(28-2)11-9-14/h4-11,19H,3,12,25H2,1-2H3,(H,26,27)/t19-/m1/s1. The van der Waals surface area contributed by atoms with Crippen molar-refractivity contribution in [1.29, 1.82) is 5.26 Å². The molecule has 1 aromatic heterocycles. The SMILES string of the molecule is CCCOc1ccccc1[C@@H]1C(C#N)=C(N)Oc2n[nH]c(-c3ccc(OC)cc3)c21. The lowest BCUT2D eigenvalue weighted by Gasteiger charge is -2.25. The zero-order valence-corrected chi connectivity index (χ0v) is 16.8. The monoisotopic (exact) mass is 402 g/mol. The number of para-hydroxylation sites is 1. The Hall–Kier alpha value is -3.92. The maximum atomic E-state index is 9.90. The first-order valence-electron chi connectivity index (χ1n) is 9.69. The summed E-state index contributed by atoms with van der Waals surface area (Å²) in [5.74, 6) is 1.39. The number of nitrogens with two attached hydrogens (primary N) is 1. The molecule has 4 rings (SSSR count). The van der Waals surface area contributed by atoms with Crippen molar-refractivity contribution in [3.05, 3.63) is 71.1 Å².